The fourth-order valence-electron chi connectivity index (χ4n) is 1.90. The molecule has 0 atom stereocenters. The first-order valence-corrected chi connectivity index (χ1v) is 6.77. The first kappa shape index (κ1) is 18.2. The Hall–Kier alpha value is -2.87. The molecular weight excluding hydrogens is 304 g/mol. The van der Waals surface area contributed by atoms with Gasteiger partial charge in [0.2, 0.25) is 0 Å². The molecule has 0 aromatic heterocycles. The number of anilines is 1. The van der Waals surface area contributed by atoms with E-state index in [1.165, 1.54) is 0 Å². The molecule has 0 unspecified atom stereocenters. The van der Waals surface area contributed by atoms with E-state index in [1.54, 1.807) is 6.07 Å². The van der Waals surface area contributed by atoms with Gasteiger partial charge in [-0.15, -0.1) is 0 Å². The number of rotatable bonds is 4. The zero-order valence-corrected chi connectivity index (χ0v) is 12.3. The highest BCUT2D eigenvalue weighted by atomic mass is 16.5. The Balaban J connectivity index is 0.000000284. The number of nitrogens with two attached hydrogens (primary N) is 1. The maximum atomic E-state index is 11.2. The maximum absolute atomic E-state index is 11.2. The molecule has 1 aromatic carbocycles. The van der Waals surface area contributed by atoms with Crippen molar-refractivity contribution < 1.29 is 29.3 Å². The molecule has 0 saturated carbocycles. The van der Waals surface area contributed by atoms with Crippen molar-refractivity contribution in [2.24, 2.45) is 5.73 Å². The number of carbonyl (C=O) groups excluding carboxylic acids is 1. The molecule has 4 N–H and O–H groups in total. The van der Waals surface area contributed by atoms with E-state index < -0.39 is 11.9 Å². The highest BCUT2D eigenvalue weighted by Crippen LogP contribution is 2.20. The lowest BCUT2D eigenvalue weighted by Crippen LogP contribution is -2.37. The molecular formula is C15H18N2O6. The van der Waals surface area contributed by atoms with Crippen molar-refractivity contribution in [3.8, 4) is 0 Å². The zero-order chi connectivity index (χ0) is 17.2. The second-order valence-corrected chi connectivity index (χ2v) is 4.49. The van der Waals surface area contributed by atoms with Gasteiger partial charge in [-0.25, -0.2) is 9.59 Å². The van der Waals surface area contributed by atoms with Gasteiger partial charge in [0.15, 0.2) is 0 Å². The number of nitrogens with zero attached hydrogens (tertiary/aromatic N) is 1. The highest BCUT2D eigenvalue weighted by Gasteiger charge is 2.16. The lowest BCUT2D eigenvalue weighted by atomic mass is 10.1. The van der Waals surface area contributed by atoms with Crippen LogP contribution in [0.1, 0.15) is 10.4 Å². The number of aliphatic carboxylic acids is 2. The standard InChI is InChI=1S/C11H14N2O2.C4H4O4/c12-11(14)9-3-1-2-4-10(9)13-5-7-15-8-6-13;5-3(6)1-2-4(7)8/h1-4H,5-8H2,(H2,12,14);1-2H,(H,5,6)(H,7,8)/b;2-1-. The molecule has 0 spiro atoms. The van der Waals surface area contributed by atoms with E-state index in [1.807, 2.05) is 18.2 Å². The number of amides is 1. The SMILES string of the molecule is NC(=O)c1ccccc1N1CCOCC1.O=C(O)/C=C\C(=O)O. The van der Waals surface area contributed by atoms with Crippen LogP contribution in [0, 0.1) is 0 Å². The van der Waals surface area contributed by atoms with E-state index in [-0.39, 0.29) is 5.91 Å². The van der Waals surface area contributed by atoms with Gasteiger partial charge in [-0.1, -0.05) is 12.1 Å². The summed E-state index contributed by atoms with van der Waals surface area (Å²) in [6.45, 7) is 3.02. The van der Waals surface area contributed by atoms with Crippen LogP contribution in [-0.4, -0.2) is 54.4 Å². The lowest BCUT2D eigenvalue weighted by molar-refractivity contribution is -0.134. The molecule has 1 heterocycles. The third-order valence-electron chi connectivity index (χ3n) is 2.89. The molecule has 0 bridgehead atoms. The number of ether oxygens (including phenoxy) is 1. The number of carbonyl (C=O) groups is 3. The van der Waals surface area contributed by atoms with Gasteiger partial charge in [-0.05, 0) is 12.1 Å². The second kappa shape index (κ2) is 9.21. The van der Waals surface area contributed by atoms with Gasteiger partial charge in [-0.3, -0.25) is 4.79 Å². The molecule has 1 fully saturated rings. The van der Waals surface area contributed by atoms with Gasteiger partial charge in [0.1, 0.15) is 0 Å². The summed E-state index contributed by atoms with van der Waals surface area (Å²) in [5.41, 5.74) is 6.82. The lowest BCUT2D eigenvalue weighted by Gasteiger charge is -2.29. The largest absolute Gasteiger partial charge is 0.478 e. The number of para-hydroxylation sites is 1. The second-order valence-electron chi connectivity index (χ2n) is 4.49. The summed E-state index contributed by atoms with van der Waals surface area (Å²) in [5, 5.41) is 15.6. The molecule has 1 aromatic rings. The average Bonchev–Trinajstić information content (AvgIpc) is 2.54. The zero-order valence-electron chi connectivity index (χ0n) is 12.3. The normalized spacial score (nSPS) is 14.0. The number of benzene rings is 1. The number of hydrogen-bond acceptors (Lipinski definition) is 5. The third-order valence-corrected chi connectivity index (χ3v) is 2.89. The molecule has 23 heavy (non-hydrogen) atoms. The van der Waals surface area contributed by atoms with Crippen LogP contribution in [0.25, 0.3) is 0 Å². The number of morpholine rings is 1. The summed E-state index contributed by atoms with van der Waals surface area (Å²) in [4.78, 5) is 32.5. The Kier molecular flexibility index (Phi) is 7.28. The van der Waals surface area contributed by atoms with Crippen LogP contribution in [0.4, 0.5) is 5.69 Å². The Morgan fingerprint density at radius 3 is 2.04 bits per heavy atom. The summed E-state index contributed by atoms with van der Waals surface area (Å²) in [6.07, 6.45) is 1.12. The van der Waals surface area contributed by atoms with Crippen molar-refractivity contribution in [1.29, 1.82) is 0 Å². The van der Waals surface area contributed by atoms with Crippen molar-refractivity contribution in [3.05, 3.63) is 42.0 Å². The van der Waals surface area contributed by atoms with Crippen molar-refractivity contribution in [2.45, 2.75) is 0 Å². The highest BCUT2D eigenvalue weighted by molar-refractivity contribution is 5.98. The van der Waals surface area contributed by atoms with Gasteiger partial charge >= 0.3 is 11.9 Å². The Bertz CT molecular complexity index is 577. The number of carboxylic acid groups (broad SMARTS) is 2. The first-order valence-electron chi connectivity index (χ1n) is 6.77. The van der Waals surface area contributed by atoms with E-state index in [9.17, 15) is 14.4 Å². The van der Waals surface area contributed by atoms with Gasteiger partial charge in [0.05, 0.1) is 18.8 Å². The van der Waals surface area contributed by atoms with Crippen molar-refractivity contribution >= 4 is 23.5 Å². The molecule has 2 rings (SSSR count). The van der Waals surface area contributed by atoms with E-state index in [4.69, 9.17) is 20.7 Å². The topological polar surface area (TPSA) is 130 Å². The van der Waals surface area contributed by atoms with E-state index in [0.29, 0.717) is 30.9 Å². The third kappa shape index (κ3) is 6.62. The number of carboxylic acids is 2. The van der Waals surface area contributed by atoms with Crippen LogP contribution in [0.15, 0.2) is 36.4 Å². The van der Waals surface area contributed by atoms with Gasteiger partial charge in [-0.2, -0.15) is 0 Å². The van der Waals surface area contributed by atoms with Crippen molar-refractivity contribution in [3.63, 3.8) is 0 Å². The monoisotopic (exact) mass is 322 g/mol. The molecule has 8 nitrogen and oxygen atoms in total. The Morgan fingerprint density at radius 2 is 1.57 bits per heavy atom. The predicted molar refractivity (Wildman–Crippen MR) is 82.4 cm³/mol. The summed E-state index contributed by atoms with van der Waals surface area (Å²) in [6, 6.07) is 7.42. The molecule has 8 heteroatoms. The number of hydrogen-bond donors (Lipinski definition) is 3. The van der Waals surface area contributed by atoms with Gasteiger partial charge in [0.25, 0.3) is 5.91 Å². The van der Waals surface area contributed by atoms with E-state index in [2.05, 4.69) is 4.90 Å². The number of primary amides is 1. The quantitative estimate of drug-likeness (QED) is 0.681. The van der Waals surface area contributed by atoms with Crippen LogP contribution in [0.2, 0.25) is 0 Å². The summed E-state index contributed by atoms with van der Waals surface area (Å²) in [7, 11) is 0. The molecule has 1 saturated heterocycles. The van der Waals surface area contributed by atoms with Crippen LogP contribution >= 0.6 is 0 Å². The Labute approximate surface area is 132 Å². The Morgan fingerprint density at radius 1 is 1.04 bits per heavy atom. The smallest absolute Gasteiger partial charge is 0.328 e. The van der Waals surface area contributed by atoms with Crippen LogP contribution < -0.4 is 10.6 Å². The van der Waals surface area contributed by atoms with Gasteiger partial charge in [0, 0.05) is 30.9 Å². The molecule has 1 amide bonds. The predicted octanol–water partition coefficient (Wildman–Crippen LogP) is 0.334. The van der Waals surface area contributed by atoms with Crippen LogP contribution in [0.5, 0.6) is 0 Å². The summed E-state index contributed by atoms with van der Waals surface area (Å²) < 4.78 is 5.26. The first-order chi connectivity index (χ1) is 10.9. The minimum Gasteiger partial charge on any atom is -0.478 e. The molecule has 1 aliphatic heterocycles. The van der Waals surface area contributed by atoms with Crippen LogP contribution in [0.3, 0.4) is 0 Å². The fourth-order valence-corrected chi connectivity index (χ4v) is 1.90. The summed E-state index contributed by atoms with van der Waals surface area (Å²) in [5.74, 6) is -2.89. The van der Waals surface area contributed by atoms with E-state index >= 15 is 0 Å². The minimum atomic E-state index is -1.26. The molecule has 124 valence electrons. The molecule has 0 aliphatic carbocycles. The van der Waals surface area contributed by atoms with Crippen molar-refractivity contribution in [2.75, 3.05) is 31.2 Å². The van der Waals surface area contributed by atoms with E-state index in [0.717, 1.165) is 18.8 Å². The van der Waals surface area contributed by atoms with Crippen molar-refractivity contribution in [1.82, 2.24) is 0 Å². The van der Waals surface area contributed by atoms with Crippen LogP contribution in [-0.2, 0) is 14.3 Å². The molecule has 1 aliphatic rings. The maximum Gasteiger partial charge on any atom is 0.328 e. The minimum absolute atomic E-state index is 0.378. The average molecular weight is 322 g/mol. The fraction of sp³-hybridized carbons (Fsp3) is 0.267. The van der Waals surface area contributed by atoms with Gasteiger partial charge < -0.3 is 25.6 Å². The molecule has 0 radical (unpaired) electrons. The summed E-state index contributed by atoms with van der Waals surface area (Å²) >= 11 is 0.